The molecule has 1 N–H and O–H groups in total. The quantitative estimate of drug-likeness (QED) is 0.640. The highest BCUT2D eigenvalue weighted by atomic mass is 79.9. The van der Waals surface area contributed by atoms with E-state index in [1.807, 2.05) is 0 Å². The molecular formula is C12H10BrF2N3O2S. The predicted octanol–water partition coefficient (Wildman–Crippen LogP) is 3.05. The zero-order valence-corrected chi connectivity index (χ0v) is 13.2. The number of halogens is 3. The van der Waals surface area contributed by atoms with Crippen LogP contribution < -0.4 is 0 Å². The number of aliphatic carboxylic acids is 1. The van der Waals surface area contributed by atoms with Crippen molar-refractivity contribution < 1.29 is 18.7 Å². The molecule has 112 valence electrons. The molecule has 0 saturated carbocycles. The Bertz CT molecular complexity index is 693. The van der Waals surface area contributed by atoms with Crippen molar-refractivity contribution >= 4 is 33.7 Å². The second kappa shape index (κ2) is 6.52. The van der Waals surface area contributed by atoms with Crippen LogP contribution in [0.5, 0.6) is 0 Å². The van der Waals surface area contributed by atoms with E-state index >= 15 is 0 Å². The van der Waals surface area contributed by atoms with Crippen LogP contribution in [-0.2, 0) is 11.2 Å². The fraction of sp³-hybridized carbons (Fsp3) is 0.250. The second-order valence-electron chi connectivity index (χ2n) is 3.99. The molecule has 0 aliphatic carbocycles. The first-order chi connectivity index (χ1) is 9.93. The van der Waals surface area contributed by atoms with E-state index in [9.17, 15) is 13.6 Å². The van der Waals surface area contributed by atoms with Gasteiger partial charge in [0.1, 0.15) is 17.5 Å². The lowest BCUT2D eigenvalue weighted by Crippen LogP contribution is -2.07. The number of aromatic nitrogens is 3. The molecule has 21 heavy (non-hydrogen) atoms. The summed E-state index contributed by atoms with van der Waals surface area (Å²) in [4.78, 5) is 10.6. The number of hydrogen-bond donors (Lipinski definition) is 1. The van der Waals surface area contributed by atoms with Gasteiger partial charge in [-0.3, -0.25) is 9.36 Å². The van der Waals surface area contributed by atoms with Gasteiger partial charge in [0, 0.05) is 12.5 Å². The first kappa shape index (κ1) is 15.9. The van der Waals surface area contributed by atoms with Gasteiger partial charge in [-0.25, -0.2) is 8.78 Å². The maximum Gasteiger partial charge on any atom is 0.313 e. The van der Waals surface area contributed by atoms with Crippen LogP contribution in [0, 0.1) is 11.6 Å². The van der Waals surface area contributed by atoms with Gasteiger partial charge in [-0.1, -0.05) is 18.7 Å². The second-order valence-corrected chi connectivity index (χ2v) is 5.78. The first-order valence-corrected chi connectivity index (χ1v) is 7.65. The van der Waals surface area contributed by atoms with Crippen LogP contribution in [0.1, 0.15) is 12.7 Å². The molecule has 0 bridgehead atoms. The number of rotatable bonds is 5. The molecule has 0 fully saturated rings. The zero-order valence-electron chi connectivity index (χ0n) is 10.8. The van der Waals surface area contributed by atoms with E-state index in [-0.39, 0.29) is 21.1 Å². The van der Waals surface area contributed by atoms with Crippen LogP contribution in [0.15, 0.2) is 21.8 Å². The van der Waals surface area contributed by atoms with Crippen molar-refractivity contribution in [3.05, 3.63) is 34.1 Å². The van der Waals surface area contributed by atoms with Crippen LogP contribution in [0.4, 0.5) is 8.78 Å². The molecule has 1 aromatic carbocycles. The lowest BCUT2D eigenvalue weighted by Gasteiger charge is -2.10. The number of thioether (sulfide) groups is 1. The molecule has 0 atom stereocenters. The smallest absolute Gasteiger partial charge is 0.313 e. The maximum atomic E-state index is 14.1. The summed E-state index contributed by atoms with van der Waals surface area (Å²) in [7, 11) is 0. The molecule has 0 aliphatic rings. The van der Waals surface area contributed by atoms with Gasteiger partial charge in [0.25, 0.3) is 0 Å². The standard InChI is InChI=1S/C12H10BrF2N3O2S/c1-2-10-16-17-12(21-5-11(19)20)18(10)9-4-7(14)6(13)3-8(9)15/h3-4H,2,5H2,1H3,(H,19,20). The summed E-state index contributed by atoms with van der Waals surface area (Å²) in [6.45, 7) is 1.79. The van der Waals surface area contributed by atoms with Gasteiger partial charge in [0.15, 0.2) is 5.16 Å². The highest BCUT2D eigenvalue weighted by Gasteiger charge is 2.19. The van der Waals surface area contributed by atoms with Gasteiger partial charge >= 0.3 is 5.97 Å². The molecule has 1 heterocycles. The molecule has 1 aromatic heterocycles. The summed E-state index contributed by atoms with van der Waals surface area (Å²) in [5, 5.41) is 16.6. The van der Waals surface area contributed by atoms with Gasteiger partial charge in [0.05, 0.1) is 15.9 Å². The van der Waals surface area contributed by atoms with E-state index in [1.54, 1.807) is 6.92 Å². The minimum atomic E-state index is -1.03. The minimum absolute atomic E-state index is 0.00890. The maximum absolute atomic E-state index is 14.1. The highest BCUT2D eigenvalue weighted by molar-refractivity contribution is 9.10. The van der Waals surface area contributed by atoms with E-state index in [2.05, 4.69) is 26.1 Å². The van der Waals surface area contributed by atoms with Crippen molar-refractivity contribution in [2.24, 2.45) is 0 Å². The van der Waals surface area contributed by atoms with Gasteiger partial charge < -0.3 is 5.11 Å². The minimum Gasteiger partial charge on any atom is -0.481 e. The Kier molecular flexibility index (Phi) is 4.94. The summed E-state index contributed by atoms with van der Waals surface area (Å²) >= 11 is 3.80. The van der Waals surface area contributed by atoms with Gasteiger partial charge in [-0.05, 0) is 22.0 Å². The average molecular weight is 378 g/mol. The molecule has 2 aromatic rings. The molecule has 0 spiro atoms. The Balaban J connectivity index is 2.53. The van der Waals surface area contributed by atoms with Crippen molar-refractivity contribution in [3.8, 4) is 5.69 Å². The van der Waals surface area contributed by atoms with Crippen LogP contribution in [0.3, 0.4) is 0 Å². The third-order valence-electron chi connectivity index (χ3n) is 2.57. The summed E-state index contributed by atoms with van der Waals surface area (Å²) in [6, 6.07) is 2.03. The molecule has 0 aliphatic heterocycles. The van der Waals surface area contributed by atoms with Crippen LogP contribution in [0.25, 0.3) is 5.69 Å². The van der Waals surface area contributed by atoms with Crippen molar-refractivity contribution in [1.82, 2.24) is 14.8 Å². The third-order valence-corrected chi connectivity index (χ3v) is 4.09. The summed E-state index contributed by atoms with van der Waals surface area (Å²) < 4.78 is 29.1. The van der Waals surface area contributed by atoms with Gasteiger partial charge in [-0.15, -0.1) is 10.2 Å². The summed E-state index contributed by atoms with van der Waals surface area (Å²) in [6.07, 6.45) is 0.442. The molecule has 0 radical (unpaired) electrons. The number of carbonyl (C=O) groups is 1. The number of carboxylic acid groups (broad SMARTS) is 1. The lowest BCUT2D eigenvalue weighted by atomic mass is 10.3. The molecule has 5 nitrogen and oxygen atoms in total. The topological polar surface area (TPSA) is 68.0 Å². The lowest BCUT2D eigenvalue weighted by molar-refractivity contribution is -0.133. The third kappa shape index (κ3) is 3.41. The van der Waals surface area contributed by atoms with Crippen LogP contribution in [-0.4, -0.2) is 31.6 Å². The SMILES string of the molecule is CCc1nnc(SCC(=O)O)n1-c1cc(F)c(Br)cc1F. The largest absolute Gasteiger partial charge is 0.481 e. The van der Waals surface area contributed by atoms with E-state index in [0.717, 1.165) is 23.9 Å². The van der Waals surface area contributed by atoms with Crippen molar-refractivity contribution in [2.75, 3.05) is 5.75 Å². The van der Waals surface area contributed by atoms with Crippen molar-refractivity contribution in [2.45, 2.75) is 18.5 Å². The number of nitrogens with zero attached hydrogens (tertiary/aromatic N) is 3. The van der Waals surface area contributed by atoms with E-state index in [1.165, 1.54) is 4.57 Å². The summed E-state index contributed by atoms with van der Waals surface area (Å²) in [5.74, 6) is -2.15. The number of hydrogen-bond acceptors (Lipinski definition) is 4. The van der Waals surface area contributed by atoms with Gasteiger partial charge in [0.2, 0.25) is 0 Å². The molecular weight excluding hydrogens is 368 g/mol. The number of carboxylic acids is 1. The van der Waals surface area contributed by atoms with Crippen molar-refractivity contribution in [3.63, 3.8) is 0 Å². The monoisotopic (exact) mass is 377 g/mol. The van der Waals surface area contributed by atoms with Crippen LogP contribution in [0.2, 0.25) is 0 Å². The normalized spacial score (nSPS) is 10.9. The predicted molar refractivity (Wildman–Crippen MR) is 76.7 cm³/mol. The first-order valence-electron chi connectivity index (χ1n) is 5.87. The summed E-state index contributed by atoms with van der Waals surface area (Å²) in [5.41, 5.74) is -0.0505. The average Bonchev–Trinajstić information content (AvgIpc) is 2.83. The highest BCUT2D eigenvalue weighted by Crippen LogP contribution is 2.27. The Morgan fingerprint density at radius 2 is 2.10 bits per heavy atom. The molecule has 9 heteroatoms. The Labute approximate surface area is 131 Å². The van der Waals surface area contributed by atoms with E-state index < -0.39 is 17.6 Å². The molecule has 0 amide bonds. The van der Waals surface area contributed by atoms with Crippen molar-refractivity contribution in [1.29, 1.82) is 0 Å². The Hall–Kier alpha value is -1.48. The van der Waals surface area contributed by atoms with Crippen LogP contribution >= 0.6 is 27.7 Å². The molecule has 2 rings (SSSR count). The van der Waals surface area contributed by atoms with E-state index in [0.29, 0.717) is 12.2 Å². The molecule has 0 saturated heterocycles. The number of aryl methyl sites for hydroxylation is 1. The number of benzene rings is 1. The van der Waals surface area contributed by atoms with Gasteiger partial charge in [-0.2, -0.15) is 0 Å². The Morgan fingerprint density at radius 3 is 2.71 bits per heavy atom. The zero-order chi connectivity index (χ0) is 15.6. The fourth-order valence-electron chi connectivity index (χ4n) is 1.67. The van der Waals surface area contributed by atoms with E-state index in [4.69, 9.17) is 5.11 Å². The fourth-order valence-corrected chi connectivity index (χ4v) is 2.67. The molecule has 0 unspecified atom stereocenters. The Morgan fingerprint density at radius 1 is 1.38 bits per heavy atom.